The summed E-state index contributed by atoms with van der Waals surface area (Å²) in [6, 6.07) is 9.41. The van der Waals surface area contributed by atoms with E-state index in [-0.39, 0.29) is 17.9 Å². The van der Waals surface area contributed by atoms with Crippen LogP contribution in [0.5, 0.6) is 0 Å². The van der Waals surface area contributed by atoms with E-state index < -0.39 is 0 Å². The molecule has 0 aliphatic carbocycles. The van der Waals surface area contributed by atoms with Crippen molar-refractivity contribution in [2.24, 2.45) is 0 Å². The summed E-state index contributed by atoms with van der Waals surface area (Å²) < 4.78 is 5.53. The fourth-order valence-electron chi connectivity index (χ4n) is 3.23. The second kappa shape index (κ2) is 6.37. The minimum Gasteiger partial charge on any atom is -0.368 e. The molecule has 1 saturated heterocycles. The zero-order valence-corrected chi connectivity index (χ0v) is 14.0. The van der Waals surface area contributed by atoms with Gasteiger partial charge in [0, 0.05) is 24.5 Å². The summed E-state index contributed by atoms with van der Waals surface area (Å²) in [5, 5.41) is 4.78. The average Bonchev–Trinajstić information content (AvgIpc) is 3.33. The number of carbonyl (C=O) groups is 2. The number of thiophene rings is 1. The van der Waals surface area contributed by atoms with E-state index in [1.165, 1.54) is 11.3 Å². The first-order valence-corrected chi connectivity index (χ1v) is 9.01. The monoisotopic (exact) mass is 342 g/mol. The molecule has 2 amide bonds. The first-order chi connectivity index (χ1) is 11.7. The Hall–Kier alpha value is -2.18. The van der Waals surface area contributed by atoms with E-state index in [1.807, 2.05) is 29.6 Å². The molecule has 5 nitrogen and oxygen atoms in total. The smallest absolute Gasteiger partial charge is 0.265 e. The maximum atomic E-state index is 12.6. The lowest BCUT2D eigenvalue weighted by atomic mass is 10.1. The van der Waals surface area contributed by atoms with Gasteiger partial charge in [0.2, 0.25) is 0 Å². The molecule has 24 heavy (non-hydrogen) atoms. The number of ether oxygens (including phenoxy) is 1. The van der Waals surface area contributed by atoms with Gasteiger partial charge in [-0.05, 0) is 48.4 Å². The summed E-state index contributed by atoms with van der Waals surface area (Å²) in [4.78, 5) is 27.3. The van der Waals surface area contributed by atoms with Gasteiger partial charge in [-0.25, -0.2) is 0 Å². The number of benzene rings is 1. The molecule has 0 spiro atoms. The number of anilines is 2. The molecule has 1 fully saturated rings. The predicted molar refractivity (Wildman–Crippen MR) is 93.7 cm³/mol. The van der Waals surface area contributed by atoms with Crippen molar-refractivity contribution in [2.75, 3.05) is 23.4 Å². The van der Waals surface area contributed by atoms with E-state index in [0.29, 0.717) is 23.7 Å². The number of rotatable bonds is 3. The quantitative estimate of drug-likeness (QED) is 0.932. The summed E-state index contributed by atoms with van der Waals surface area (Å²) in [5.74, 6) is -0.0899. The third-order valence-electron chi connectivity index (χ3n) is 4.45. The normalized spacial score (nSPS) is 19.3. The molecule has 0 saturated carbocycles. The van der Waals surface area contributed by atoms with Gasteiger partial charge in [-0.2, -0.15) is 0 Å². The van der Waals surface area contributed by atoms with Crippen LogP contribution in [0, 0.1) is 0 Å². The number of fused-ring (bicyclic) bond motifs is 1. The van der Waals surface area contributed by atoms with Gasteiger partial charge in [-0.1, -0.05) is 12.1 Å². The molecular formula is C18H18N2O3S. The van der Waals surface area contributed by atoms with Crippen LogP contribution in [0.1, 0.15) is 28.1 Å². The zero-order valence-electron chi connectivity index (χ0n) is 13.2. The van der Waals surface area contributed by atoms with Crippen LogP contribution in [-0.2, 0) is 16.0 Å². The highest BCUT2D eigenvalue weighted by Crippen LogP contribution is 2.32. The standard InChI is InChI=1S/C18H18N2O3S/c21-17(16-4-2-10-24-16)19-13-6-5-12-7-8-20(14(12)11-13)18(22)15-3-1-9-23-15/h2,4-6,10-11,15H,1,3,7-9H2,(H,19,21). The average molecular weight is 342 g/mol. The number of carbonyl (C=O) groups excluding carboxylic acids is 2. The summed E-state index contributed by atoms with van der Waals surface area (Å²) in [5.41, 5.74) is 2.73. The van der Waals surface area contributed by atoms with Gasteiger partial charge in [0.05, 0.1) is 4.88 Å². The maximum absolute atomic E-state index is 12.6. The SMILES string of the molecule is O=C(Nc1ccc2c(c1)N(C(=O)C1CCCO1)CC2)c1cccs1. The Labute approximate surface area is 144 Å². The largest absolute Gasteiger partial charge is 0.368 e. The van der Waals surface area contributed by atoms with E-state index in [4.69, 9.17) is 4.74 Å². The van der Waals surface area contributed by atoms with Crippen LogP contribution >= 0.6 is 11.3 Å². The first kappa shape index (κ1) is 15.4. The van der Waals surface area contributed by atoms with Crippen LogP contribution in [0.25, 0.3) is 0 Å². The number of hydrogen-bond donors (Lipinski definition) is 1. The van der Waals surface area contributed by atoms with Crippen molar-refractivity contribution in [3.8, 4) is 0 Å². The van der Waals surface area contributed by atoms with E-state index in [2.05, 4.69) is 5.32 Å². The Balaban J connectivity index is 1.54. The van der Waals surface area contributed by atoms with Crippen molar-refractivity contribution in [2.45, 2.75) is 25.4 Å². The molecule has 1 aromatic heterocycles. The first-order valence-electron chi connectivity index (χ1n) is 8.13. The lowest BCUT2D eigenvalue weighted by molar-refractivity contribution is -0.127. The van der Waals surface area contributed by atoms with Gasteiger partial charge in [-0.15, -0.1) is 11.3 Å². The third kappa shape index (κ3) is 2.83. The highest BCUT2D eigenvalue weighted by molar-refractivity contribution is 7.12. The summed E-state index contributed by atoms with van der Waals surface area (Å²) >= 11 is 1.40. The molecule has 0 bridgehead atoms. The summed E-state index contributed by atoms with van der Waals surface area (Å²) in [7, 11) is 0. The molecule has 1 atom stereocenters. The molecule has 2 aliphatic heterocycles. The summed E-state index contributed by atoms with van der Waals surface area (Å²) in [6.07, 6.45) is 2.25. The van der Waals surface area contributed by atoms with Gasteiger partial charge < -0.3 is 15.0 Å². The predicted octanol–water partition coefficient (Wildman–Crippen LogP) is 3.07. The van der Waals surface area contributed by atoms with E-state index in [1.54, 1.807) is 11.0 Å². The van der Waals surface area contributed by atoms with Gasteiger partial charge in [0.25, 0.3) is 11.8 Å². The molecule has 1 aromatic carbocycles. The molecular weight excluding hydrogens is 324 g/mol. The molecule has 6 heteroatoms. The van der Waals surface area contributed by atoms with Gasteiger partial charge in [-0.3, -0.25) is 9.59 Å². The second-order valence-corrected chi connectivity index (χ2v) is 6.96. The van der Waals surface area contributed by atoms with E-state index in [0.717, 1.165) is 30.5 Å². The van der Waals surface area contributed by atoms with Crippen molar-refractivity contribution >= 4 is 34.5 Å². The van der Waals surface area contributed by atoms with Gasteiger partial charge >= 0.3 is 0 Å². The molecule has 2 aromatic rings. The fourth-order valence-corrected chi connectivity index (χ4v) is 3.85. The van der Waals surface area contributed by atoms with Crippen molar-refractivity contribution in [3.63, 3.8) is 0 Å². The Morgan fingerprint density at radius 3 is 2.96 bits per heavy atom. The second-order valence-electron chi connectivity index (χ2n) is 6.02. The van der Waals surface area contributed by atoms with Crippen LogP contribution in [-0.4, -0.2) is 31.1 Å². The van der Waals surface area contributed by atoms with Crippen LogP contribution in [0.15, 0.2) is 35.7 Å². The van der Waals surface area contributed by atoms with Gasteiger partial charge in [0.1, 0.15) is 6.10 Å². The van der Waals surface area contributed by atoms with Crippen molar-refractivity contribution in [3.05, 3.63) is 46.2 Å². The third-order valence-corrected chi connectivity index (χ3v) is 5.32. The van der Waals surface area contributed by atoms with Crippen LogP contribution in [0.2, 0.25) is 0 Å². The molecule has 1 unspecified atom stereocenters. The van der Waals surface area contributed by atoms with Crippen LogP contribution in [0.4, 0.5) is 11.4 Å². The van der Waals surface area contributed by atoms with Crippen molar-refractivity contribution in [1.29, 1.82) is 0 Å². The molecule has 4 rings (SSSR count). The highest BCUT2D eigenvalue weighted by atomic mass is 32.1. The minimum absolute atomic E-state index is 0.0352. The highest BCUT2D eigenvalue weighted by Gasteiger charge is 2.32. The Morgan fingerprint density at radius 1 is 1.29 bits per heavy atom. The van der Waals surface area contributed by atoms with Gasteiger partial charge in [0.15, 0.2) is 0 Å². The lowest BCUT2D eigenvalue weighted by Gasteiger charge is -2.21. The molecule has 124 valence electrons. The van der Waals surface area contributed by atoms with Crippen molar-refractivity contribution < 1.29 is 14.3 Å². The minimum atomic E-state index is -0.319. The topological polar surface area (TPSA) is 58.6 Å². The zero-order chi connectivity index (χ0) is 16.5. The number of amides is 2. The molecule has 2 aliphatic rings. The molecule has 3 heterocycles. The number of nitrogens with one attached hydrogen (secondary N) is 1. The van der Waals surface area contributed by atoms with E-state index >= 15 is 0 Å². The Morgan fingerprint density at radius 2 is 2.21 bits per heavy atom. The van der Waals surface area contributed by atoms with E-state index in [9.17, 15) is 9.59 Å². The Kier molecular flexibility index (Phi) is 4.08. The lowest BCUT2D eigenvalue weighted by Crippen LogP contribution is -2.37. The fraction of sp³-hybridized carbons (Fsp3) is 0.333. The van der Waals surface area contributed by atoms with Crippen LogP contribution < -0.4 is 10.2 Å². The maximum Gasteiger partial charge on any atom is 0.265 e. The Bertz CT molecular complexity index is 767. The number of nitrogens with zero attached hydrogens (tertiary/aromatic N) is 1. The van der Waals surface area contributed by atoms with Crippen LogP contribution in [0.3, 0.4) is 0 Å². The summed E-state index contributed by atoms with van der Waals surface area (Å²) in [6.45, 7) is 1.34. The molecule has 1 N–H and O–H groups in total. The molecule has 0 radical (unpaired) electrons. The van der Waals surface area contributed by atoms with Crippen molar-refractivity contribution in [1.82, 2.24) is 0 Å². The number of hydrogen-bond acceptors (Lipinski definition) is 4.